The smallest absolute Gasteiger partial charge is 0.240 e. The highest BCUT2D eigenvalue weighted by atomic mass is 32.1. The fourth-order valence-electron chi connectivity index (χ4n) is 2.66. The Morgan fingerprint density at radius 3 is 2.33 bits per heavy atom. The molecule has 6 nitrogen and oxygen atoms in total. The van der Waals surface area contributed by atoms with Gasteiger partial charge in [0.05, 0.1) is 18.8 Å². The van der Waals surface area contributed by atoms with Gasteiger partial charge in [0.1, 0.15) is 0 Å². The molecule has 2 amide bonds. The maximum Gasteiger partial charge on any atom is 0.240 e. The van der Waals surface area contributed by atoms with Crippen LogP contribution in [0.25, 0.3) is 11.3 Å². The van der Waals surface area contributed by atoms with Crippen molar-refractivity contribution < 1.29 is 18.4 Å². The summed E-state index contributed by atoms with van der Waals surface area (Å²) >= 11 is 1.17. The predicted octanol–water partition coefficient (Wildman–Crippen LogP) is 3.91. The fraction of sp³-hybridized carbons (Fsp3) is 0.190. The van der Waals surface area contributed by atoms with Gasteiger partial charge in [0.2, 0.25) is 11.8 Å². The van der Waals surface area contributed by atoms with E-state index in [0.717, 1.165) is 17.7 Å². The maximum atomic E-state index is 13.4. The SMILES string of the molecule is Cc1ccc(NC(=O)CN(C)CC(=O)Nc2nc(-c3ccc(F)c(F)c3)cs2)cc1. The number of likely N-dealkylation sites (N-methyl/N-ethyl adjacent to an activating group) is 1. The summed E-state index contributed by atoms with van der Waals surface area (Å²) in [6.45, 7) is 1.99. The number of amides is 2. The van der Waals surface area contributed by atoms with E-state index in [1.165, 1.54) is 17.4 Å². The van der Waals surface area contributed by atoms with E-state index in [1.807, 2.05) is 31.2 Å². The van der Waals surface area contributed by atoms with Crippen LogP contribution in [0.1, 0.15) is 5.56 Å². The molecule has 2 N–H and O–H groups in total. The lowest BCUT2D eigenvalue weighted by Crippen LogP contribution is -2.36. The number of benzene rings is 2. The minimum absolute atomic E-state index is 0.0125. The first kappa shape index (κ1) is 21.5. The standard InChI is InChI=1S/C21H20F2N4O2S/c1-13-3-6-15(7-4-13)24-19(28)10-27(2)11-20(29)26-21-25-18(12-30-21)14-5-8-16(22)17(23)9-14/h3-9,12H,10-11H2,1-2H3,(H,24,28)(H,25,26,29). The van der Waals surface area contributed by atoms with Gasteiger partial charge in [0.15, 0.2) is 16.8 Å². The average Bonchev–Trinajstić information content (AvgIpc) is 3.13. The normalized spacial score (nSPS) is 10.8. The number of thiazole rings is 1. The van der Waals surface area contributed by atoms with Gasteiger partial charge in [-0.2, -0.15) is 0 Å². The number of aromatic nitrogens is 1. The zero-order valence-corrected chi connectivity index (χ0v) is 17.2. The van der Waals surface area contributed by atoms with Crippen molar-refractivity contribution >= 4 is 34.0 Å². The highest BCUT2D eigenvalue weighted by molar-refractivity contribution is 7.14. The summed E-state index contributed by atoms with van der Waals surface area (Å²) < 4.78 is 26.4. The lowest BCUT2D eigenvalue weighted by molar-refractivity contribution is -0.119. The number of hydrogen-bond acceptors (Lipinski definition) is 5. The van der Waals surface area contributed by atoms with Crippen LogP contribution >= 0.6 is 11.3 Å². The average molecular weight is 430 g/mol. The summed E-state index contributed by atoms with van der Waals surface area (Å²) in [7, 11) is 1.66. The van der Waals surface area contributed by atoms with Crippen LogP contribution in [0, 0.1) is 18.6 Å². The van der Waals surface area contributed by atoms with Gasteiger partial charge in [-0.15, -0.1) is 11.3 Å². The number of halogens is 2. The van der Waals surface area contributed by atoms with Crippen molar-refractivity contribution in [3.05, 3.63) is 65.0 Å². The highest BCUT2D eigenvalue weighted by Gasteiger charge is 2.14. The second-order valence-electron chi connectivity index (χ2n) is 6.80. The molecule has 1 heterocycles. The molecule has 0 fully saturated rings. The maximum absolute atomic E-state index is 13.4. The van der Waals surface area contributed by atoms with Crippen LogP contribution < -0.4 is 10.6 Å². The van der Waals surface area contributed by atoms with Crippen molar-refractivity contribution in [2.24, 2.45) is 0 Å². The molecule has 2 aromatic carbocycles. The van der Waals surface area contributed by atoms with E-state index in [0.29, 0.717) is 22.1 Å². The summed E-state index contributed by atoms with van der Waals surface area (Å²) in [6.07, 6.45) is 0. The van der Waals surface area contributed by atoms with Crippen molar-refractivity contribution in [1.82, 2.24) is 9.88 Å². The van der Waals surface area contributed by atoms with Gasteiger partial charge in [-0.05, 0) is 44.3 Å². The van der Waals surface area contributed by atoms with E-state index < -0.39 is 11.6 Å². The Morgan fingerprint density at radius 2 is 1.67 bits per heavy atom. The lowest BCUT2D eigenvalue weighted by Gasteiger charge is -2.15. The van der Waals surface area contributed by atoms with Crippen LogP contribution in [-0.4, -0.2) is 41.8 Å². The summed E-state index contributed by atoms with van der Waals surface area (Å²) in [5.41, 5.74) is 2.63. The molecule has 0 radical (unpaired) electrons. The number of anilines is 2. The number of carbonyl (C=O) groups excluding carboxylic acids is 2. The zero-order chi connectivity index (χ0) is 21.7. The molecule has 0 atom stereocenters. The first-order valence-electron chi connectivity index (χ1n) is 9.06. The Balaban J connectivity index is 1.50. The molecule has 0 aliphatic rings. The van der Waals surface area contributed by atoms with Gasteiger partial charge in [-0.3, -0.25) is 14.5 Å². The Bertz CT molecular complexity index is 1050. The lowest BCUT2D eigenvalue weighted by atomic mass is 10.2. The molecule has 0 saturated heterocycles. The van der Waals surface area contributed by atoms with Crippen LogP contribution in [0.15, 0.2) is 47.8 Å². The molecule has 1 aromatic heterocycles. The van der Waals surface area contributed by atoms with Gasteiger partial charge < -0.3 is 10.6 Å². The van der Waals surface area contributed by atoms with Gasteiger partial charge in [0, 0.05) is 16.6 Å². The van der Waals surface area contributed by atoms with Gasteiger partial charge in [0.25, 0.3) is 0 Å². The van der Waals surface area contributed by atoms with Crippen LogP contribution in [0.3, 0.4) is 0 Å². The van der Waals surface area contributed by atoms with Crippen molar-refractivity contribution in [2.75, 3.05) is 30.8 Å². The van der Waals surface area contributed by atoms with Crippen molar-refractivity contribution in [3.8, 4) is 11.3 Å². The van der Waals surface area contributed by atoms with Crippen LogP contribution in [0.2, 0.25) is 0 Å². The number of aryl methyl sites for hydroxylation is 1. The van der Waals surface area contributed by atoms with E-state index in [-0.39, 0.29) is 24.9 Å². The molecule has 156 valence electrons. The van der Waals surface area contributed by atoms with Crippen LogP contribution in [-0.2, 0) is 9.59 Å². The zero-order valence-electron chi connectivity index (χ0n) is 16.4. The second kappa shape index (κ2) is 9.55. The summed E-state index contributed by atoms with van der Waals surface area (Å²) in [6, 6.07) is 10.9. The molecule has 0 bridgehead atoms. The predicted molar refractivity (Wildman–Crippen MR) is 113 cm³/mol. The molecule has 9 heteroatoms. The second-order valence-corrected chi connectivity index (χ2v) is 7.66. The quantitative estimate of drug-likeness (QED) is 0.596. The van der Waals surface area contributed by atoms with Gasteiger partial charge in [-0.25, -0.2) is 13.8 Å². The Hall–Kier alpha value is -3.17. The number of rotatable bonds is 7. The van der Waals surface area contributed by atoms with Crippen molar-refractivity contribution in [1.29, 1.82) is 0 Å². The third-order valence-electron chi connectivity index (χ3n) is 4.13. The third-order valence-corrected chi connectivity index (χ3v) is 4.89. The molecule has 0 aliphatic heterocycles. The number of nitrogens with zero attached hydrogens (tertiary/aromatic N) is 2. The highest BCUT2D eigenvalue weighted by Crippen LogP contribution is 2.26. The van der Waals surface area contributed by atoms with Crippen molar-refractivity contribution in [3.63, 3.8) is 0 Å². The van der Waals surface area contributed by atoms with E-state index >= 15 is 0 Å². The van der Waals surface area contributed by atoms with E-state index in [1.54, 1.807) is 17.3 Å². The number of hydrogen-bond donors (Lipinski definition) is 2. The summed E-state index contributed by atoms with van der Waals surface area (Å²) in [5, 5.41) is 7.39. The minimum atomic E-state index is -0.961. The largest absolute Gasteiger partial charge is 0.325 e. The monoisotopic (exact) mass is 430 g/mol. The molecule has 0 spiro atoms. The molecule has 3 rings (SSSR count). The fourth-order valence-corrected chi connectivity index (χ4v) is 3.40. The Labute approximate surface area is 176 Å². The first-order valence-corrected chi connectivity index (χ1v) is 9.94. The topological polar surface area (TPSA) is 74.3 Å². The van der Waals surface area contributed by atoms with E-state index in [9.17, 15) is 18.4 Å². The van der Waals surface area contributed by atoms with E-state index in [2.05, 4.69) is 15.6 Å². The molecule has 0 saturated carbocycles. The molecule has 30 heavy (non-hydrogen) atoms. The molecular weight excluding hydrogens is 410 g/mol. The minimum Gasteiger partial charge on any atom is -0.325 e. The summed E-state index contributed by atoms with van der Waals surface area (Å²) in [4.78, 5) is 30.1. The molecular formula is C21H20F2N4O2S. The third kappa shape index (κ3) is 5.91. The Morgan fingerprint density at radius 1 is 1.00 bits per heavy atom. The summed E-state index contributed by atoms with van der Waals surface area (Å²) in [5.74, 6) is -2.47. The number of carbonyl (C=O) groups is 2. The van der Waals surface area contributed by atoms with Gasteiger partial charge in [-0.1, -0.05) is 17.7 Å². The Kier molecular flexibility index (Phi) is 6.86. The first-order chi connectivity index (χ1) is 14.3. The van der Waals surface area contributed by atoms with E-state index in [4.69, 9.17) is 0 Å². The molecule has 0 unspecified atom stereocenters. The number of nitrogens with one attached hydrogen (secondary N) is 2. The van der Waals surface area contributed by atoms with Crippen molar-refractivity contribution in [2.45, 2.75) is 6.92 Å². The van der Waals surface area contributed by atoms with Crippen LogP contribution in [0.4, 0.5) is 19.6 Å². The molecule has 3 aromatic rings. The van der Waals surface area contributed by atoms with Gasteiger partial charge >= 0.3 is 0 Å². The molecule has 0 aliphatic carbocycles. The van der Waals surface area contributed by atoms with Crippen LogP contribution in [0.5, 0.6) is 0 Å².